The Bertz CT molecular complexity index is 605. The molecular weight excluding hydrogens is 382 g/mol. The van der Waals surface area contributed by atoms with Crippen molar-refractivity contribution in [2.45, 2.75) is 58.2 Å². The summed E-state index contributed by atoms with van der Waals surface area (Å²) < 4.78 is 0. The molecule has 0 bridgehead atoms. The van der Waals surface area contributed by atoms with Gasteiger partial charge in [0, 0.05) is 6.54 Å². The molecule has 0 aromatic rings. The number of amides is 3. The molecule has 0 heterocycles. The fraction of sp³-hybridized carbons (Fsp3) is 0.706. The first kappa shape index (κ1) is 26.1. The topological polar surface area (TPSA) is 215 Å². The molecular formula is C17H33N7O5. The van der Waals surface area contributed by atoms with Crippen molar-refractivity contribution in [1.82, 2.24) is 16.0 Å². The smallest absolute Gasteiger partial charge is 0.326 e. The first-order valence-corrected chi connectivity index (χ1v) is 9.40. The van der Waals surface area contributed by atoms with Gasteiger partial charge >= 0.3 is 5.97 Å². The molecule has 12 nitrogen and oxygen atoms in total. The summed E-state index contributed by atoms with van der Waals surface area (Å²) in [5.74, 6) is -3.35. The number of guanidine groups is 1. The molecule has 4 atom stereocenters. The molecule has 0 aliphatic heterocycles. The maximum atomic E-state index is 12.6. The SMILES string of the molecule is CCC(C)C(NC(=O)C(CCCN=C(N)N)NC(=O)CNC(=O)C(C)N)C(=O)O. The van der Waals surface area contributed by atoms with E-state index in [2.05, 4.69) is 20.9 Å². The molecule has 0 aromatic carbocycles. The van der Waals surface area contributed by atoms with Crippen LogP contribution in [0.5, 0.6) is 0 Å². The third kappa shape index (κ3) is 10.9. The largest absolute Gasteiger partial charge is 0.480 e. The van der Waals surface area contributed by atoms with Gasteiger partial charge in [0.2, 0.25) is 17.7 Å². The van der Waals surface area contributed by atoms with Gasteiger partial charge in [-0.2, -0.15) is 0 Å². The van der Waals surface area contributed by atoms with Crippen molar-refractivity contribution in [2.24, 2.45) is 28.1 Å². The van der Waals surface area contributed by atoms with Crippen LogP contribution in [0, 0.1) is 5.92 Å². The molecule has 0 radical (unpaired) electrons. The van der Waals surface area contributed by atoms with E-state index < -0.39 is 41.8 Å². The molecule has 0 aromatic heterocycles. The van der Waals surface area contributed by atoms with Crippen LogP contribution in [0.4, 0.5) is 0 Å². The second-order valence-corrected chi connectivity index (χ2v) is 6.79. The number of aliphatic carboxylic acids is 1. The van der Waals surface area contributed by atoms with Crippen LogP contribution in [0.25, 0.3) is 0 Å². The lowest BCUT2D eigenvalue weighted by atomic mass is 9.98. The number of rotatable bonds is 13. The molecule has 0 aliphatic carbocycles. The highest BCUT2D eigenvalue weighted by molar-refractivity contribution is 5.92. The first-order valence-electron chi connectivity index (χ1n) is 9.40. The Morgan fingerprint density at radius 2 is 1.69 bits per heavy atom. The molecule has 0 spiro atoms. The summed E-state index contributed by atoms with van der Waals surface area (Å²) in [6.07, 6.45) is 1.08. The molecule has 0 saturated heterocycles. The molecule has 4 unspecified atom stereocenters. The molecule has 0 fully saturated rings. The molecule has 10 N–H and O–H groups in total. The van der Waals surface area contributed by atoms with Crippen molar-refractivity contribution in [2.75, 3.05) is 13.1 Å². The van der Waals surface area contributed by atoms with Crippen LogP contribution in [0.15, 0.2) is 4.99 Å². The minimum Gasteiger partial charge on any atom is -0.480 e. The van der Waals surface area contributed by atoms with Gasteiger partial charge in [0.05, 0.1) is 12.6 Å². The summed E-state index contributed by atoms with van der Waals surface area (Å²) in [5.41, 5.74) is 15.9. The lowest BCUT2D eigenvalue weighted by Crippen LogP contribution is -2.54. The summed E-state index contributed by atoms with van der Waals surface area (Å²) in [6, 6.07) is -2.90. The number of hydrogen-bond donors (Lipinski definition) is 7. The molecule has 0 aliphatic rings. The van der Waals surface area contributed by atoms with Gasteiger partial charge in [-0.3, -0.25) is 19.4 Å². The Balaban J connectivity index is 5.08. The van der Waals surface area contributed by atoms with Crippen LogP contribution in [0.3, 0.4) is 0 Å². The summed E-state index contributed by atoms with van der Waals surface area (Å²) in [7, 11) is 0. The number of carbonyl (C=O) groups is 4. The van der Waals surface area contributed by atoms with Crippen LogP contribution in [0.1, 0.15) is 40.0 Å². The lowest BCUT2D eigenvalue weighted by molar-refractivity contribution is -0.143. The predicted octanol–water partition coefficient (Wildman–Crippen LogP) is -2.40. The van der Waals surface area contributed by atoms with E-state index in [0.717, 1.165) is 0 Å². The van der Waals surface area contributed by atoms with E-state index in [0.29, 0.717) is 12.8 Å². The third-order valence-corrected chi connectivity index (χ3v) is 4.21. The lowest BCUT2D eigenvalue weighted by Gasteiger charge is -2.24. The summed E-state index contributed by atoms with van der Waals surface area (Å²) >= 11 is 0. The van der Waals surface area contributed by atoms with Gasteiger partial charge in [0.1, 0.15) is 12.1 Å². The highest BCUT2D eigenvalue weighted by Crippen LogP contribution is 2.09. The third-order valence-electron chi connectivity index (χ3n) is 4.21. The minimum atomic E-state index is -1.16. The van der Waals surface area contributed by atoms with E-state index in [1.807, 2.05) is 6.92 Å². The van der Waals surface area contributed by atoms with Crippen molar-refractivity contribution in [3.63, 3.8) is 0 Å². The molecule has 0 rings (SSSR count). The Morgan fingerprint density at radius 3 is 2.17 bits per heavy atom. The zero-order valence-electron chi connectivity index (χ0n) is 17.1. The fourth-order valence-electron chi connectivity index (χ4n) is 2.28. The second-order valence-electron chi connectivity index (χ2n) is 6.79. The standard InChI is InChI=1S/C17H33N7O5/c1-4-9(2)13(16(28)29)24-15(27)11(6-5-7-21-17(19)20)23-12(25)8-22-14(26)10(3)18/h9-11,13H,4-8,18H2,1-3H3,(H,22,26)(H,23,25)(H,24,27)(H,28,29)(H4,19,20,21). The van der Waals surface area contributed by atoms with Gasteiger partial charge in [-0.25, -0.2) is 4.79 Å². The summed E-state index contributed by atoms with van der Waals surface area (Å²) in [5, 5.41) is 16.6. The van der Waals surface area contributed by atoms with Crippen molar-refractivity contribution >= 4 is 29.7 Å². The predicted molar refractivity (Wildman–Crippen MR) is 108 cm³/mol. The molecule has 29 heavy (non-hydrogen) atoms. The van der Waals surface area contributed by atoms with Crippen molar-refractivity contribution in [1.29, 1.82) is 0 Å². The Hall–Kier alpha value is -2.89. The van der Waals surface area contributed by atoms with Crippen LogP contribution < -0.4 is 33.2 Å². The van der Waals surface area contributed by atoms with Crippen molar-refractivity contribution in [3.05, 3.63) is 0 Å². The number of hydrogen-bond acceptors (Lipinski definition) is 6. The second kappa shape index (κ2) is 13.3. The van der Waals surface area contributed by atoms with Gasteiger partial charge in [0.15, 0.2) is 5.96 Å². The Labute approximate surface area is 170 Å². The fourth-order valence-corrected chi connectivity index (χ4v) is 2.28. The number of carboxylic acid groups (broad SMARTS) is 1. The highest BCUT2D eigenvalue weighted by atomic mass is 16.4. The van der Waals surface area contributed by atoms with E-state index in [1.165, 1.54) is 6.92 Å². The van der Waals surface area contributed by atoms with Crippen molar-refractivity contribution in [3.8, 4) is 0 Å². The van der Waals surface area contributed by atoms with Crippen LogP contribution in [-0.4, -0.2) is 66.0 Å². The monoisotopic (exact) mass is 415 g/mol. The van der Waals surface area contributed by atoms with Gasteiger partial charge < -0.3 is 38.3 Å². The molecule has 166 valence electrons. The zero-order valence-corrected chi connectivity index (χ0v) is 17.1. The molecule has 0 saturated carbocycles. The number of aliphatic imine (C=N–C) groups is 1. The maximum Gasteiger partial charge on any atom is 0.326 e. The summed E-state index contributed by atoms with van der Waals surface area (Å²) in [4.78, 5) is 51.4. The normalized spacial score (nSPS) is 14.6. The average molecular weight is 415 g/mol. The average Bonchev–Trinajstić information content (AvgIpc) is 2.64. The van der Waals surface area contributed by atoms with Crippen LogP contribution in [0.2, 0.25) is 0 Å². The molecule has 3 amide bonds. The van der Waals surface area contributed by atoms with Crippen LogP contribution in [-0.2, 0) is 19.2 Å². The number of carboxylic acids is 1. The maximum absolute atomic E-state index is 12.6. The van der Waals surface area contributed by atoms with Crippen molar-refractivity contribution < 1.29 is 24.3 Å². The summed E-state index contributed by atoms with van der Waals surface area (Å²) in [6.45, 7) is 4.84. The van der Waals surface area contributed by atoms with E-state index in [9.17, 15) is 24.3 Å². The van der Waals surface area contributed by atoms with E-state index >= 15 is 0 Å². The van der Waals surface area contributed by atoms with Gasteiger partial charge in [-0.15, -0.1) is 0 Å². The zero-order chi connectivity index (χ0) is 22.6. The number of nitrogens with two attached hydrogens (primary N) is 3. The first-order chi connectivity index (χ1) is 13.5. The quantitative estimate of drug-likeness (QED) is 0.0975. The van der Waals surface area contributed by atoms with E-state index in [1.54, 1.807) is 6.92 Å². The highest BCUT2D eigenvalue weighted by Gasteiger charge is 2.29. The van der Waals surface area contributed by atoms with E-state index in [-0.39, 0.29) is 31.4 Å². The van der Waals surface area contributed by atoms with Gasteiger partial charge in [-0.1, -0.05) is 20.3 Å². The Morgan fingerprint density at radius 1 is 1.07 bits per heavy atom. The van der Waals surface area contributed by atoms with Gasteiger partial charge in [0.25, 0.3) is 0 Å². The minimum absolute atomic E-state index is 0.101. The molecule has 12 heteroatoms. The van der Waals surface area contributed by atoms with E-state index in [4.69, 9.17) is 17.2 Å². The number of nitrogens with zero attached hydrogens (tertiary/aromatic N) is 1. The van der Waals surface area contributed by atoms with Gasteiger partial charge in [-0.05, 0) is 25.7 Å². The Kier molecular flexibility index (Phi) is 12.0. The number of carbonyl (C=O) groups excluding carboxylic acids is 3. The number of nitrogens with one attached hydrogen (secondary N) is 3. The van der Waals surface area contributed by atoms with Crippen LogP contribution >= 0.6 is 0 Å².